The topological polar surface area (TPSA) is 54.4 Å². The standard InChI is InChI=1S/C12H14F4O3S/c1-11(2,20(3,18)19)10(17)7-4-5-9(13)8(6-7)12(14,15)16/h4-6,10,17H,1-3H3. The molecule has 114 valence electrons. The number of sulfone groups is 1. The molecular formula is C12H14F4O3S. The number of rotatable bonds is 3. The third-order valence-corrected chi connectivity index (χ3v) is 5.36. The van der Waals surface area contributed by atoms with Gasteiger partial charge < -0.3 is 5.11 Å². The lowest BCUT2D eigenvalue weighted by molar-refractivity contribution is -0.140. The SMILES string of the molecule is CC(C)(C(O)c1ccc(F)c(C(F)(F)F)c1)S(C)(=O)=O. The van der Waals surface area contributed by atoms with E-state index in [1.807, 2.05) is 0 Å². The van der Waals surface area contributed by atoms with Gasteiger partial charge in [-0.15, -0.1) is 0 Å². The van der Waals surface area contributed by atoms with Crippen LogP contribution in [0.2, 0.25) is 0 Å². The molecule has 1 unspecified atom stereocenters. The number of alkyl halides is 3. The highest BCUT2D eigenvalue weighted by atomic mass is 32.2. The van der Waals surface area contributed by atoms with Crippen LogP contribution in [0.25, 0.3) is 0 Å². The summed E-state index contributed by atoms with van der Waals surface area (Å²) in [4.78, 5) is 0. The second kappa shape index (κ2) is 5.00. The second-order valence-corrected chi connectivity index (χ2v) is 7.61. The fourth-order valence-electron chi connectivity index (χ4n) is 1.53. The minimum Gasteiger partial charge on any atom is -0.387 e. The van der Waals surface area contributed by atoms with E-state index in [0.717, 1.165) is 12.3 Å². The van der Waals surface area contributed by atoms with Crippen molar-refractivity contribution >= 4 is 9.84 Å². The molecule has 20 heavy (non-hydrogen) atoms. The van der Waals surface area contributed by atoms with E-state index in [-0.39, 0.29) is 5.56 Å². The molecule has 0 fully saturated rings. The quantitative estimate of drug-likeness (QED) is 0.873. The summed E-state index contributed by atoms with van der Waals surface area (Å²) in [5.74, 6) is -1.48. The Bertz CT molecular complexity index is 606. The normalized spacial score (nSPS) is 15.2. The van der Waals surface area contributed by atoms with Gasteiger partial charge in [0, 0.05) is 6.26 Å². The number of aliphatic hydroxyl groups is 1. The molecule has 1 aromatic carbocycles. The van der Waals surface area contributed by atoms with Crippen LogP contribution >= 0.6 is 0 Å². The fourth-order valence-corrected chi connectivity index (χ4v) is 2.08. The third-order valence-electron chi connectivity index (χ3n) is 3.23. The molecule has 0 heterocycles. The van der Waals surface area contributed by atoms with Crippen molar-refractivity contribution in [3.05, 3.63) is 35.1 Å². The molecule has 0 radical (unpaired) electrons. The summed E-state index contributed by atoms with van der Waals surface area (Å²) in [6, 6.07) is 1.91. The minimum absolute atomic E-state index is 0.311. The minimum atomic E-state index is -4.92. The van der Waals surface area contributed by atoms with Gasteiger partial charge >= 0.3 is 6.18 Å². The molecule has 0 spiro atoms. The summed E-state index contributed by atoms with van der Waals surface area (Å²) in [5.41, 5.74) is -1.85. The predicted octanol–water partition coefficient (Wildman–Crippen LogP) is 2.70. The molecule has 1 aromatic rings. The van der Waals surface area contributed by atoms with E-state index < -0.39 is 38.2 Å². The molecule has 8 heteroatoms. The molecule has 0 saturated heterocycles. The van der Waals surface area contributed by atoms with E-state index in [2.05, 4.69) is 0 Å². The first-order valence-corrected chi connectivity index (χ1v) is 7.42. The lowest BCUT2D eigenvalue weighted by atomic mass is 9.96. The monoisotopic (exact) mass is 314 g/mol. The van der Waals surface area contributed by atoms with Crippen LogP contribution in [0.4, 0.5) is 17.6 Å². The maximum atomic E-state index is 13.1. The Balaban J connectivity index is 3.36. The van der Waals surface area contributed by atoms with E-state index in [1.54, 1.807) is 0 Å². The number of aliphatic hydroxyl groups excluding tert-OH is 1. The molecule has 1 atom stereocenters. The molecule has 0 aliphatic rings. The zero-order valence-electron chi connectivity index (χ0n) is 11.0. The van der Waals surface area contributed by atoms with Crippen LogP contribution in [-0.2, 0) is 16.0 Å². The summed E-state index contributed by atoms with van der Waals surface area (Å²) in [7, 11) is -3.73. The van der Waals surface area contributed by atoms with Crippen LogP contribution in [0.3, 0.4) is 0 Å². The van der Waals surface area contributed by atoms with Crippen molar-refractivity contribution in [2.45, 2.75) is 30.9 Å². The first kappa shape index (κ1) is 16.9. The van der Waals surface area contributed by atoms with Gasteiger partial charge in [0.15, 0.2) is 9.84 Å². The lowest BCUT2D eigenvalue weighted by Gasteiger charge is -2.29. The van der Waals surface area contributed by atoms with Gasteiger partial charge in [-0.2, -0.15) is 13.2 Å². The smallest absolute Gasteiger partial charge is 0.387 e. The van der Waals surface area contributed by atoms with Crippen molar-refractivity contribution in [1.82, 2.24) is 0 Å². The predicted molar refractivity (Wildman–Crippen MR) is 65.3 cm³/mol. The number of hydrogen-bond donors (Lipinski definition) is 1. The maximum absolute atomic E-state index is 13.1. The van der Waals surface area contributed by atoms with Crippen LogP contribution in [0, 0.1) is 5.82 Å². The van der Waals surface area contributed by atoms with Crippen LogP contribution in [-0.4, -0.2) is 24.5 Å². The van der Waals surface area contributed by atoms with Gasteiger partial charge in [0.2, 0.25) is 0 Å². The van der Waals surface area contributed by atoms with Crippen molar-refractivity contribution in [3.63, 3.8) is 0 Å². The molecule has 0 saturated carbocycles. The Hall–Kier alpha value is -1.15. The van der Waals surface area contributed by atoms with Crippen molar-refractivity contribution in [2.24, 2.45) is 0 Å². The molecule has 1 N–H and O–H groups in total. The average molecular weight is 314 g/mol. The van der Waals surface area contributed by atoms with Gasteiger partial charge in [0.05, 0.1) is 16.4 Å². The molecule has 1 rings (SSSR count). The Kier molecular flexibility index (Phi) is 4.22. The summed E-state index contributed by atoms with van der Waals surface area (Å²) in [5, 5.41) is 10.00. The van der Waals surface area contributed by atoms with E-state index >= 15 is 0 Å². The molecule has 0 amide bonds. The average Bonchev–Trinajstić information content (AvgIpc) is 2.25. The first-order chi connectivity index (χ1) is 8.78. The van der Waals surface area contributed by atoms with Gasteiger partial charge in [0.1, 0.15) is 5.82 Å². The highest BCUT2D eigenvalue weighted by Crippen LogP contribution is 2.37. The van der Waals surface area contributed by atoms with Gasteiger partial charge in [-0.3, -0.25) is 0 Å². The first-order valence-electron chi connectivity index (χ1n) is 5.53. The highest BCUT2D eigenvalue weighted by molar-refractivity contribution is 7.92. The molecule has 3 nitrogen and oxygen atoms in total. The summed E-state index contributed by atoms with van der Waals surface area (Å²) in [6.07, 6.45) is -5.77. The maximum Gasteiger partial charge on any atom is 0.419 e. The zero-order chi connectivity index (χ0) is 15.9. The third kappa shape index (κ3) is 3.12. The summed E-state index contributed by atoms with van der Waals surface area (Å²) < 4.78 is 72.3. The Morgan fingerprint density at radius 2 is 1.70 bits per heavy atom. The second-order valence-electron chi connectivity index (χ2n) is 5.02. The highest BCUT2D eigenvalue weighted by Gasteiger charge is 2.41. The molecule has 0 aromatic heterocycles. The van der Waals surface area contributed by atoms with Gasteiger partial charge in [-0.25, -0.2) is 12.8 Å². The van der Waals surface area contributed by atoms with Crippen LogP contribution in [0.1, 0.15) is 31.1 Å². The largest absolute Gasteiger partial charge is 0.419 e. The van der Waals surface area contributed by atoms with Gasteiger partial charge in [-0.05, 0) is 31.5 Å². The van der Waals surface area contributed by atoms with Crippen LogP contribution in [0.15, 0.2) is 18.2 Å². The van der Waals surface area contributed by atoms with Gasteiger partial charge in [-0.1, -0.05) is 6.07 Å². The molecule has 0 aliphatic heterocycles. The fraction of sp³-hybridized carbons (Fsp3) is 0.500. The molecule has 0 bridgehead atoms. The molecular weight excluding hydrogens is 300 g/mol. The van der Waals surface area contributed by atoms with E-state index in [4.69, 9.17) is 0 Å². The van der Waals surface area contributed by atoms with Gasteiger partial charge in [0.25, 0.3) is 0 Å². The van der Waals surface area contributed by atoms with Crippen molar-refractivity contribution in [2.75, 3.05) is 6.26 Å². The zero-order valence-corrected chi connectivity index (χ0v) is 11.8. The van der Waals surface area contributed by atoms with Crippen molar-refractivity contribution in [1.29, 1.82) is 0 Å². The van der Waals surface area contributed by atoms with Crippen molar-refractivity contribution in [3.8, 4) is 0 Å². The lowest BCUT2D eigenvalue weighted by Crippen LogP contribution is -2.38. The van der Waals surface area contributed by atoms with E-state index in [9.17, 15) is 31.1 Å². The Morgan fingerprint density at radius 1 is 1.20 bits per heavy atom. The van der Waals surface area contributed by atoms with Crippen LogP contribution < -0.4 is 0 Å². The Morgan fingerprint density at radius 3 is 2.10 bits per heavy atom. The molecule has 0 aliphatic carbocycles. The number of benzene rings is 1. The van der Waals surface area contributed by atoms with E-state index in [1.165, 1.54) is 13.8 Å². The van der Waals surface area contributed by atoms with Crippen LogP contribution in [0.5, 0.6) is 0 Å². The summed E-state index contributed by atoms with van der Waals surface area (Å²) in [6.45, 7) is 2.37. The number of hydrogen-bond acceptors (Lipinski definition) is 3. The number of halogens is 4. The summed E-state index contributed by atoms with van der Waals surface area (Å²) >= 11 is 0. The Labute approximate surface area is 114 Å². The van der Waals surface area contributed by atoms with E-state index in [0.29, 0.717) is 12.1 Å². The van der Waals surface area contributed by atoms with Crippen molar-refractivity contribution < 1.29 is 31.1 Å².